The Morgan fingerprint density at radius 3 is 1.60 bits per heavy atom. The van der Waals surface area contributed by atoms with Crippen LogP contribution in [0.1, 0.15) is 176 Å². The molecule has 1 unspecified atom stereocenters. The van der Waals surface area contributed by atoms with Gasteiger partial charge in [0.05, 0.1) is 62.7 Å². The SMILES string of the molecule is C/C=C/C[C@@H](C)[C@@H](O)[C@H]1C(=O)N[C@@H](CC)C(=O)N(C)[C@H](C)C(=O)N(C)C([C@H](C)COC[C@@H]2CN(CC)CCO2)C(=O)C[C@@H](C(C)C)C(=O)N(C)[C@@H](CC(C)C)C(=O)C[C@@H](C)C(=O)C[C@H](C)C(=O)N(C)[C@@H](CC(C)C)C(=O)CN(C)[C@@H](CC(C)C)C(=O)N(C)[C@@H](C(C)C)C(=O)N1C. The Balaban J connectivity index is 3.01. The third-order valence-electron chi connectivity index (χ3n) is 19.8. The average molecular weight is 1360 g/mol. The highest BCUT2D eigenvalue weighted by Gasteiger charge is 2.46. The lowest BCUT2D eigenvalue weighted by molar-refractivity contribution is -0.155. The van der Waals surface area contributed by atoms with Gasteiger partial charge in [0.15, 0.2) is 17.3 Å². The molecule has 2 aliphatic rings. The van der Waals surface area contributed by atoms with Crippen LogP contribution < -0.4 is 5.32 Å². The van der Waals surface area contributed by atoms with Gasteiger partial charge < -0.3 is 49.3 Å². The van der Waals surface area contributed by atoms with Crippen LogP contribution in [0.2, 0.25) is 0 Å². The highest BCUT2D eigenvalue weighted by molar-refractivity contribution is 5.99. The fourth-order valence-electron chi connectivity index (χ4n) is 13.5. The summed E-state index contributed by atoms with van der Waals surface area (Å²) >= 11 is 0. The van der Waals surface area contributed by atoms with E-state index in [1.165, 1.54) is 73.7 Å². The number of aliphatic hydroxyl groups is 1. The highest BCUT2D eigenvalue weighted by atomic mass is 16.5. The summed E-state index contributed by atoms with van der Waals surface area (Å²) in [6, 6.07) is -9.44. The van der Waals surface area contributed by atoms with Crippen molar-refractivity contribution in [3.8, 4) is 0 Å². The van der Waals surface area contributed by atoms with Crippen molar-refractivity contribution in [2.24, 2.45) is 59.2 Å². The van der Waals surface area contributed by atoms with Gasteiger partial charge in [-0.05, 0) is 95.1 Å². The number of amides is 7. The smallest absolute Gasteiger partial charge is 0.246 e. The van der Waals surface area contributed by atoms with Gasteiger partial charge in [-0.3, -0.25) is 62.5 Å². The molecule has 2 rings (SSSR count). The van der Waals surface area contributed by atoms with Gasteiger partial charge >= 0.3 is 0 Å². The number of Topliss-reactive ketones (excluding diaryl/α,β-unsaturated/α-hetero) is 4. The molecule has 0 aromatic rings. The van der Waals surface area contributed by atoms with Crippen LogP contribution in [0.25, 0.3) is 0 Å². The Morgan fingerprint density at radius 2 is 1.08 bits per heavy atom. The number of ketones is 4. The zero-order valence-electron chi connectivity index (χ0n) is 63.6. The molecule has 7 amide bonds. The van der Waals surface area contributed by atoms with Gasteiger partial charge in [0.25, 0.3) is 0 Å². The van der Waals surface area contributed by atoms with Crippen molar-refractivity contribution < 1.29 is 67.3 Å². The molecule has 2 aliphatic heterocycles. The van der Waals surface area contributed by atoms with E-state index >= 15 is 28.8 Å². The number of hydrogen-bond acceptors (Lipinski definition) is 16. The van der Waals surface area contributed by atoms with Gasteiger partial charge in [-0.1, -0.05) is 123 Å². The molecule has 23 nitrogen and oxygen atoms in total. The first-order valence-electron chi connectivity index (χ1n) is 35.6. The van der Waals surface area contributed by atoms with Gasteiger partial charge in [-0.2, -0.15) is 0 Å². The summed E-state index contributed by atoms with van der Waals surface area (Å²) in [6.45, 7) is 35.2. The quantitative estimate of drug-likeness (QED) is 0.134. The van der Waals surface area contributed by atoms with Crippen LogP contribution >= 0.6 is 0 Å². The molecule has 0 aliphatic carbocycles. The summed E-state index contributed by atoms with van der Waals surface area (Å²) in [4.78, 5) is 175. The van der Waals surface area contributed by atoms with Crippen LogP contribution in [0.5, 0.6) is 0 Å². The third-order valence-corrected chi connectivity index (χ3v) is 19.8. The van der Waals surface area contributed by atoms with Crippen LogP contribution in [0.15, 0.2) is 12.2 Å². The molecule has 96 heavy (non-hydrogen) atoms. The topological polar surface area (TPSA) is 264 Å². The molecule has 0 spiro atoms. The Labute approximate surface area is 577 Å². The monoisotopic (exact) mass is 1360 g/mol. The Hall–Kier alpha value is -5.49. The van der Waals surface area contributed by atoms with E-state index in [2.05, 4.69) is 17.1 Å². The minimum Gasteiger partial charge on any atom is -0.390 e. The fourth-order valence-corrected chi connectivity index (χ4v) is 13.5. The highest BCUT2D eigenvalue weighted by Crippen LogP contribution is 2.29. The predicted molar refractivity (Wildman–Crippen MR) is 374 cm³/mol. The Bertz CT molecular complexity index is 2610. The third kappa shape index (κ3) is 24.4. The van der Waals surface area contributed by atoms with Crippen molar-refractivity contribution in [2.75, 3.05) is 95.3 Å². The number of nitrogens with zero attached hydrogens (tertiary/aromatic N) is 8. The van der Waals surface area contributed by atoms with Crippen LogP contribution in [0.4, 0.5) is 0 Å². The molecule has 0 aromatic heterocycles. The first-order chi connectivity index (χ1) is 44.6. The maximum Gasteiger partial charge on any atom is 0.246 e. The number of ether oxygens (including phenoxy) is 2. The van der Waals surface area contributed by atoms with E-state index in [0.717, 1.165) is 18.0 Å². The lowest BCUT2D eigenvalue weighted by atomic mass is 9.83. The van der Waals surface area contributed by atoms with Crippen LogP contribution in [0, 0.1) is 59.2 Å². The van der Waals surface area contributed by atoms with E-state index in [0.29, 0.717) is 19.6 Å². The molecule has 2 saturated heterocycles. The number of nitrogens with one attached hydrogen (secondary N) is 1. The van der Waals surface area contributed by atoms with E-state index in [-0.39, 0.29) is 106 Å². The van der Waals surface area contributed by atoms with Crippen molar-refractivity contribution in [1.82, 2.24) is 44.5 Å². The Kier molecular flexibility index (Phi) is 36.6. The van der Waals surface area contributed by atoms with Crippen molar-refractivity contribution in [3.05, 3.63) is 12.2 Å². The standard InChI is InChI=1S/C73H129N9O14/c1-26-29-30-48(14)66(87)65-67(88)74-55(27-2)71(92)76(20)52(18)69(90)80(24)64(51(17)41-95-42-53-39-82(28-3)31-32-96-53)61(85)38-54(46(10)11)70(91)78(22)56(33-43(4)5)60(84)36-49(15)59(83)37-50(16)68(89)77(21)57(34-44(6)7)62(86)40-75(19)58(35-45(8)9)72(93)79(23)63(47(12)13)73(94)81(65)25/h26,29,43-58,63-66,87H,27-28,30-42H2,1-25H3,(H,74,88)/b29-26+/t48-,49-,50+,51-,52-,53+,54+,55+,56+,57+,58+,63+,64?,65+,66-/m1/s1. The van der Waals surface area contributed by atoms with E-state index in [4.69, 9.17) is 9.47 Å². The van der Waals surface area contributed by atoms with Gasteiger partial charge in [-0.15, -0.1) is 0 Å². The van der Waals surface area contributed by atoms with Crippen molar-refractivity contribution in [1.29, 1.82) is 0 Å². The Morgan fingerprint density at radius 1 is 0.562 bits per heavy atom. The summed E-state index contributed by atoms with van der Waals surface area (Å²) in [5, 5.41) is 15.1. The molecule has 2 fully saturated rings. The summed E-state index contributed by atoms with van der Waals surface area (Å²) in [5.41, 5.74) is 0. The average Bonchev–Trinajstić information content (AvgIpc) is 0.829. The molecule has 23 heteroatoms. The molecular weight excluding hydrogens is 1230 g/mol. The van der Waals surface area contributed by atoms with E-state index in [9.17, 15) is 29.1 Å². The van der Waals surface area contributed by atoms with E-state index in [1.807, 2.05) is 68.4 Å². The predicted octanol–water partition coefficient (Wildman–Crippen LogP) is 6.30. The lowest BCUT2D eigenvalue weighted by Crippen LogP contribution is -2.63. The first-order valence-corrected chi connectivity index (χ1v) is 35.6. The molecule has 0 radical (unpaired) electrons. The molecule has 0 saturated carbocycles. The van der Waals surface area contributed by atoms with E-state index < -0.39 is 143 Å². The maximum atomic E-state index is 15.3. The van der Waals surface area contributed by atoms with Crippen LogP contribution in [-0.2, 0) is 62.2 Å². The van der Waals surface area contributed by atoms with Crippen molar-refractivity contribution >= 4 is 64.5 Å². The number of aliphatic hydroxyl groups excluding tert-OH is 1. The molecule has 550 valence electrons. The summed E-state index contributed by atoms with van der Waals surface area (Å²) in [5.74, 6) is -11.0. The van der Waals surface area contributed by atoms with E-state index in [1.54, 1.807) is 66.5 Å². The summed E-state index contributed by atoms with van der Waals surface area (Å²) in [6.07, 6.45) is 2.19. The van der Waals surface area contributed by atoms with Gasteiger partial charge in [0, 0.05) is 98.3 Å². The second kappa shape index (κ2) is 40.5. The molecule has 0 bridgehead atoms. The zero-order chi connectivity index (χ0) is 73.7. The summed E-state index contributed by atoms with van der Waals surface area (Å²) < 4.78 is 12.3. The number of hydrogen-bond donors (Lipinski definition) is 2. The van der Waals surface area contributed by atoms with Crippen LogP contribution in [-0.4, -0.2) is 265 Å². The zero-order valence-corrected chi connectivity index (χ0v) is 63.6. The number of carbonyl (C=O) groups excluding carboxylic acids is 11. The maximum absolute atomic E-state index is 15.3. The van der Waals surface area contributed by atoms with Crippen LogP contribution in [0.3, 0.4) is 0 Å². The minimum absolute atomic E-state index is 0.00888. The molecule has 15 atom stereocenters. The number of rotatable bonds is 19. The second-order valence-electron chi connectivity index (χ2n) is 30.1. The number of carbonyl (C=O) groups is 11. The lowest BCUT2D eigenvalue weighted by Gasteiger charge is -2.41. The molecule has 2 N–H and O–H groups in total. The molecule has 0 aromatic carbocycles. The second-order valence-corrected chi connectivity index (χ2v) is 30.1. The molecule has 2 heterocycles. The van der Waals surface area contributed by atoms with Crippen molar-refractivity contribution in [3.63, 3.8) is 0 Å². The normalized spacial score (nSPS) is 28.8. The minimum atomic E-state index is -1.61. The number of allylic oxidation sites excluding steroid dienone is 2. The number of likely N-dealkylation sites (N-methyl/N-ethyl adjacent to an activating group) is 8. The van der Waals surface area contributed by atoms with Gasteiger partial charge in [0.2, 0.25) is 41.4 Å². The largest absolute Gasteiger partial charge is 0.390 e. The van der Waals surface area contributed by atoms with Crippen molar-refractivity contribution in [2.45, 2.75) is 237 Å². The van der Waals surface area contributed by atoms with Gasteiger partial charge in [0.1, 0.15) is 30.0 Å². The first kappa shape index (κ1) is 86.6. The fraction of sp³-hybridized carbons (Fsp3) is 0.822. The summed E-state index contributed by atoms with van der Waals surface area (Å²) in [7, 11) is 10.5. The van der Waals surface area contributed by atoms with Gasteiger partial charge in [-0.25, -0.2) is 0 Å². The molecular formula is C73H129N9O14. The number of morpholine rings is 1.